The van der Waals surface area contributed by atoms with Gasteiger partial charge in [0.2, 0.25) is 5.91 Å². The van der Waals surface area contributed by atoms with Crippen LogP contribution in [0.2, 0.25) is 0 Å². The van der Waals surface area contributed by atoms with Gasteiger partial charge in [0.15, 0.2) is 0 Å². The van der Waals surface area contributed by atoms with Crippen molar-refractivity contribution in [3.05, 3.63) is 24.3 Å². The third kappa shape index (κ3) is 65.5. The average molecular weight is 1130 g/mol. The van der Waals surface area contributed by atoms with E-state index in [9.17, 15) is 19.8 Å². The minimum Gasteiger partial charge on any atom is -0.466 e. The first-order chi connectivity index (χ1) is 39.5. The molecule has 0 radical (unpaired) electrons. The maximum atomic E-state index is 12.5. The van der Waals surface area contributed by atoms with E-state index in [0.717, 1.165) is 38.5 Å². The Bertz CT molecular complexity index is 1250. The molecule has 1 amide bonds. The van der Waals surface area contributed by atoms with Crippen molar-refractivity contribution in [1.29, 1.82) is 0 Å². The highest BCUT2D eigenvalue weighted by atomic mass is 16.5. The van der Waals surface area contributed by atoms with Crippen LogP contribution in [-0.4, -0.2) is 47.4 Å². The highest BCUT2D eigenvalue weighted by molar-refractivity contribution is 5.76. The summed E-state index contributed by atoms with van der Waals surface area (Å²) in [6.07, 6.45) is 88.5. The zero-order valence-corrected chi connectivity index (χ0v) is 54.3. The molecular weight excluding hydrogens is 983 g/mol. The molecule has 80 heavy (non-hydrogen) atoms. The Hall–Kier alpha value is -1.66. The Morgan fingerprint density at radius 2 is 0.588 bits per heavy atom. The van der Waals surface area contributed by atoms with Gasteiger partial charge in [-0.05, 0) is 57.8 Å². The standard InChI is InChI=1S/C74H143NO5/c1-3-5-7-9-11-13-15-17-42-46-50-54-58-62-66-72(77)71(70-76)75-73(78)67-63-59-55-51-47-43-40-38-36-34-32-30-28-26-24-22-20-19-21-23-25-27-29-31-33-35-37-39-41-45-49-53-57-61-65-69-80-74(79)68-64-60-56-52-48-44-18-16-14-12-10-8-6-4-2/h21,23,62,66,71-72,76-77H,3-20,22,24-61,63-65,67-70H2,1-2H3,(H,75,78)/b23-21-,66-62+. The van der Waals surface area contributed by atoms with Gasteiger partial charge in [-0.25, -0.2) is 0 Å². The topological polar surface area (TPSA) is 95.9 Å². The van der Waals surface area contributed by atoms with Crippen LogP contribution in [-0.2, 0) is 14.3 Å². The van der Waals surface area contributed by atoms with Crippen LogP contribution in [0.3, 0.4) is 0 Å². The second-order valence-corrected chi connectivity index (χ2v) is 25.3. The average Bonchev–Trinajstić information content (AvgIpc) is 3.46. The van der Waals surface area contributed by atoms with Gasteiger partial charge >= 0.3 is 5.97 Å². The molecule has 0 aromatic heterocycles. The summed E-state index contributed by atoms with van der Waals surface area (Å²) in [6, 6.07) is -0.624. The number of amides is 1. The Labute approximate surface area is 501 Å². The zero-order chi connectivity index (χ0) is 57.8. The van der Waals surface area contributed by atoms with Crippen molar-refractivity contribution < 1.29 is 24.5 Å². The number of aliphatic hydroxyl groups excluding tert-OH is 2. The lowest BCUT2D eigenvalue weighted by molar-refractivity contribution is -0.143. The maximum Gasteiger partial charge on any atom is 0.305 e. The van der Waals surface area contributed by atoms with E-state index >= 15 is 0 Å². The summed E-state index contributed by atoms with van der Waals surface area (Å²) in [4.78, 5) is 24.5. The van der Waals surface area contributed by atoms with Gasteiger partial charge in [-0.2, -0.15) is 0 Å². The first-order valence-electron chi connectivity index (χ1n) is 36.6. The van der Waals surface area contributed by atoms with Crippen LogP contribution in [0.15, 0.2) is 24.3 Å². The number of hydrogen-bond acceptors (Lipinski definition) is 5. The molecule has 474 valence electrons. The summed E-state index contributed by atoms with van der Waals surface area (Å²) in [5, 5.41) is 23.1. The molecule has 6 heteroatoms. The highest BCUT2D eigenvalue weighted by Crippen LogP contribution is 2.19. The van der Waals surface area contributed by atoms with E-state index in [0.29, 0.717) is 19.4 Å². The lowest BCUT2D eigenvalue weighted by Crippen LogP contribution is -2.45. The summed E-state index contributed by atoms with van der Waals surface area (Å²) < 4.78 is 5.50. The van der Waals surface area contributed by atoms with Gasteiger partial charge in [-0.1, -0.05) is 366 Å². The van der Waals surface area contributed by atoms with E-state index in [4.69, 9.17) is 4.74 Å². The molecule has 0 aromatic carbocycles. The summed E-state index contributed by atoms with van der Waals surface area (Å²) in [7, 11) is 0. The second kappa shape index (κ2) is 69.8. The third-order valence-electron chi connectivity index (χ3n) is 17.2. The molecule has 0 heterocycles. The van der Waals surface area contributed by atoms with Crippen LogP contribution in [0.4, 0.5) is 0 Å². The van der Waals surface area contributed by atoms with Crippen molar-refractivity contribution in [1.82, 2.24) is 5.32 Å². The van der Waals surface area contributed by atoms with Crippen LogP contribution in [0, 0.1) is 0 Å². The molecule has 0 saturated carbocycles. The number of esters is 1. The molecule has 0 spiro atoms. The highest BCUT2D eigenvalue weighted by Gasteiger charge is 2.18. The molecule has 0 bridgehead atoms. The summed E-state index contributed by atoms with van der Waals surface area (Å²) >= 11 is 0. The second-order valence-electron chi connectivity index (χ2n) is 25.3. The molecule has 2 atom stereocenters. The van der Waals surface area contributed by atoms with E-state index in [1.807, 2.05) is 6.08 Å². The van der Waals surface area contributed by atoms with Gasteiger partial charge in [0.25, 0.3) is 0 Å². The largest absolute Gasteiger partial charge is 0.466 e. The van der Waals surface area contributed by atoms with Gasteiger partial charge < -0.3 is 20.3 Å². The van der Waals surface area contributed by atoms with Gasteiger partial charge in [-0.3, -0.25) is 9.59 Å². The van der Waals surface area contributed by atoms with Crippen LogP contribution < -0.4 is 5.32 Å². The molecular formula is C74H143NO5. The molecule has 0 aliphatic rings. The lowest BCUT2D eigenvalue weighted by Gasteiger charge is -2.20. The molecule has 6 nitrogen and oxygen atoms in total. The Kier molecular flexibility index (Phi) is 68.4. The van der Waals surface area contributed by atoms with Crippen LogP contribution in [0.1, 0.15) is 412 Å². The fourth-order valence-electron chi connectivity index (χ4n) is 11.6. The predicted molar refractivity (Wildman–Crippen MR) is 352 cm³/mol. The summed E-state index contributed by atoms with van der Waals surface area (Å²) in [5.74, 6) is -0.0392. The fraction of sp³-hybridized carbons (Fsp3) is 0.919. The number of allylic oxidation sites excluding steroid dienone is 3. The van der Waals surface area contributed by atoms with Crippen LogP contribution >= 0.6 is 0 Å². The zero-order valence-electron chi connectivity index (χ0n) is 54.3. The number of nitrogens with one attached hydrogen (secondary N) is 1. The monoisotopic (exact) mass is 1130 g/mol. The number of hydrogen-bond donors (Lipinski definition) is 3. The number of rotatable bonds is 69. The number of unbranched alkanes of at least 4 members (excludes halogenated alkanes) is 56. The van der Waals surface area contributed by atoms with Crippen molar-refractivity contribution in [3.8, 4) is 0 Å². The van der Waals surface area contributed by atoms with Gasteiger partial charge in [0.05, 0.1) is 25.4 Å². The molecule has 3 N–H and O–H groups in total. The molecule has 0 fully saturated rings. The summed E-state index contributed by atoms with van der Waals surface area (Å²) in [6.45, 7) is 4.94. The molecule has 0 aliphatic carbocycles. The lowest BCUT2D eigenvalue weighted by atomic mass is 10.0. The minimum atomic E-state index is -0.841. The Morgan fingerprint density at radius 3 is 0.887 bits per heavy atom. The Morgan fingerprint density at radius 1 is 0.338 bits per heavy atom. The smallest absolute Gasteiger partial charge is 0.305 e. The number of carbonyl (C=O) groups is 2. The first-order valence-corrected chi connectivity index (χ1v) is 36.6. The minimum absolute atomic E-state index is 0.0229. The van der Waals surface area contributed by atoms with Crippen molar-refractivity contribution >= 4 is 11.9 Å². The Balaban J connectivity index is 3.33. The maximum absolute atomic E-state index is 12.5. The molecule has 0 aliphatic heterocycles. The van der Waals surface area contributed by atoms with E-state index in [2.05, 4.69) is 31.3 Å². The molecule has 0 saturated heterocycles. The third-order valence-corrected chi connectivity index (χ3v) is 17.2. The van der Waals surface area contributed by atoms with Gasteiger partial charge in [0.1, 0.15) is 0 Å². The summed E-state index contributed by atoms with van der Waals surface area (Å²) in [5.41, 5.74) is 0. The van der Waals surface area contributed by atoms with Crippen LogP contribution in [0.25, 0.3) is 0 Å². The number of carbonyl (C=O) groups excluding carboxylic acids is 2. The normalized spacial score (nSPS) is 12.6. The molecule has 0 rings (SSSR count). The predicted octanol–water partition coefficient (Wildman–Crippen LogP) is 23.7. The van der Waals surface area contributed by atoms with E-state index in [-0.39, 0.29) is 18.5 Å². The number of ether oxygens (including phenoxy) is 1. The van der Waals surface area contributed by atoms with Crippen LogP contribution in [0.5, 0.6) is 0 Å². The van der Waals surface area contributed by atoms with Gasteiger partial charge in [-0.15, -0.1) is 0 Å². The van der Waals surface area contributed by atoms with E-state index in [1.165, 1.54) is 347 Å². The van der Waals surface area contributed by atoms with Gasteiger partial charge in [0, 0.05) is 12.8 Å². The van der Waals surface area contributed by atoms with Crippen molar-refractivity contribution in [3.63, 3.8) is 0 Å². The SMILES string of the molecule is CCCCCCCCCCCCCC/C=C/C(O)C(CO)NC(=O)CCCCCCCCCCCCCCCCCCC/C=C\CCCCCCCCCCCCCCCCOC(=O)CCCCCCCCCCCCCCCC. The fourth-order valence-corrected chi connectivity index (χ4v) is 11.6. The number of aliphatic hydroxyl groups is 2. The van der Waals surface area contributed by atoms with E-state index in [1.54, 1.807) is 6.08 Å². The molecule has 0 aromatic rings. The van der Waals surface area contributed by atoms with Crippen molar-refractivity contribution in [2.75, 3.05) is 13.2 Å². The first kappa shape index (κ1) is 78.3. The quantitative estimate of drug-likeness (QED) is 0.0320. The van der Waals surface area contributed by atoms with Crippen molar-refractivity contribution in [2.45, 2.75) is 424 Å². The molecule has 2 unspecified atom stereocenters. The van der Waals surface area contributed by atoms with Crippen molar-refractivity contribution in [2.24, 2.45) is 0 Å². The van der Waals surface area contributed by atoms with E-state index < -0.39 is 12.1 Å².